The maximum Gasteiger partial charge on any atom is 0.270 e. The number of amides is 1. The number of methoxy groups -OCH3 is 1. The quantitative estimate of drug-likeness (QED) is 0.556. The number of carbonyl (C=O) groups is 1. The number of hydrogen-bond acceptors (Lipinski definition) is 4. The van der Waals surface area contributed by atoms with Crippen molar-refractivity contribution in [3.05, 3.63) is 72.4 Å². The lowest BCUT2D eigenvalue weighted by atomic mass is 10.0. The number of hydrogen-bond donors (Lipinski definition) is 1. The molecule has 0 aliphatic carbocycles. The molecule has 7 heteroatoms. The van der Waals surface area contributed by atoms with E-state index in [9.17, 15) is 4.79 Å². The molecule has 4 aromatic rings. The van der Waals surface area contributed by atoms with Crippen molar-refractivity contribution in [2.24, 2.45) is 5.92 Å². The van der Waals surface area contributed by atoms with Crippen LogP contribution < -0.4 is 4.74 Å². The van der Waals surface area contributed by atoms with Gasteiger partial charge in [-0.15, -0.1) is 10.2 Å². The molecule has 30 heavy (non-hydrogen) atoms. The van der Waals surface area contributed by atoms with Gasteiger partial charge >= 0.3 is 0 Å². The van der Waals surface area contributed by atoms with Crippen molar-refractivity contribution >= 4 is 16.8 Å². The third-order valence-corrected chi connectivity index (χ3v) is 5.76. The van der Waals surface area contributed by atoms with Gasteiger partial charge in [-0.2, -0.15) is 0 Å². The Labute approximate surface area is 174 Å². The molecule has 7 nitrogen and oxygen atoms in total. The highest BCUT2D eigenvalue weighted by atomic mass is 16.5. The molecule has 0 radical (unpaired) electrons. The highest BCUT2D eigenvalue weighted by Crippen LogP contribution is 2.25. The zero-order valence-corrected chi connectivity index (χ0v) is 16.8. The molecule has 1 saturated heterocycles. The van der Waals surface area contributed by atoms with Gasteiger partial charge in [0.2, 0.25) is 0 Å². The van der Waals surface area contributed by atoms with E-state index < -0.39 is 0 Å². The Bertz CT molecular complexity index is 1180. The second-order valence-electron chi connectivity index (χ2n) is 7.70. The third-order valence-electron chi connectivity index (χ3n) is 5.76. The Balaban J connectivity index is 1.29. The van der Waals surface area contributed by atoms with Crippen LogP contribution in [-0.2, 0) is 6.42 Å². The molecule has 1 atom stereocenters. The summed E-state index contributed by atoms with van der Waals surface area (Å²) in [5, 5.41) is 9.42. The molecule has 2 aromatic heterocycles. The van der Waals surface area contributed by atoms with Gasteiger partial charge in [0, 0.05) is 42.2 Å². The fraction of sp³-hybridized carbons (Fsp3) is 0.261. The highest BCUT2D eigenvalue weighted by molar-refractivity contribution is 5.98. The van der Waals surface area contributed by atoms with E-state index in [1.165, 1.54) is 0 Å². The van der Waals surface area contributed by atoms with Gasteiger partial charge < -0.3 is 14.6 Å². The highest BCUT2D eigenvalue weighted by Gasteiger charge is 2.29. The van der Waals surface area contributed by atoms with Gasteiger partial charge in [0.1, 0.15) is 23.6 Å². The lowest BCUT2D eigenvalue weighted by molar-refractivity contribution is 0.0782. The number of benzene rings is 2. The summed E-state index contributed by atoms with van der Waals surface area (Å²) in [5.74, 6) is 2.10. The number of fused-ring (bicyclic) bond motifs is 1. The molecule has 1 aliphatic rings. The van der Waals surface area contributed by atoms with E-state index in [2.05, 4.69) is 15.2 Å². The summed E-state index contributed by atoms with van der Waals surface area (Å²) in [6.45, 7) is 1.47. The normalized spacial score (nSPS) is 16.3. The zero-order valence-electron chi connectivity index (χ0n) is 16.8. The van der Waals surface area contributed by atoms with Gasteiger partial charge in [0.05, 0.1) is 7.11 Å². The standard InChI is InChI=1S/C23H23N5O2/c1-30-19-8-7-17-12-21(25-20(17)13-19)23(29)27-10-9-16(14-27)11-22-26-24-15-28(22)18-5-3-2-4-6-18/h2-8,12-13,15-16,25H,9-11,14H2,1H3. The number of likely N-dealkylation sites (tertiary alicyclic amines) is 1. The Morgan fingerprint density at radius 1 is 1.20 bits per heavy atom. The van der Waals surface area contributed by atoms with E-state index >= 15 is 0 Å². The van der Waals surface area contributed by atoms with Crippen molar-refractivity contribution in [2.45, 2.75) is 12.8 Å². The lowest BCUT2D eigenvalue weighted by Gasteiger charge is -2.16. The van der Waals surface area contributed by atoms with Crippen LogP contribution in [0.15, 0.2) is 60.9 Å². The minimum Gasteiger partial charge on any atom is -0.497 e. The molecular formula is C23H23N5O2. The van der Waals surface area contributed by atoms with E-state index in [1.54, 1.807) is 13.4 Å². The minimum absolute atomic E-state index is 0.0391. The van der Waals surface area contributed by atoms with Crippen molar-refractivity contribution in [2.75, 3.05) is 20.2 Å². The molecule has 152 valence electrons. The number of aromatic nitrogens is 4. The van der Waals surface area contributed by atoms with E-state index in [-0.39, 0.29) is 5.91 Å². The first-order valence-corrected chi connectivity index (χ1v) is 10.1. The average molecular weight is 401 g/mol. The number of rotatable bonds is 5. The van der Waals surface area contributed by atoms with Crippen LogP contribution in [0.1, 0.15) is 22.7 Å². The first-order valence-electron chi connectivity index (χ1n) is 10.1. The second kappa shape index (κ2) is 7.67. The summed E-state index contributed by atoms with van der Waals surface area (Å²) >= 11 is 0. The topological polar surface area (TPSA) is 76.0 Å². The molecule has 1 amide bonds. The van der Waals surface area contributed by atoms with Gasteiger partial charge in [0.15, 0.2) is 0 Å². The van der Waals surface area contributed by atoms with E-state index in [0.29, 0.717) is 11.6 Å². The van der Waals surface area contributed by atoms with Crippen LogP contribution in [0.3, 0.4) is 0 Å². The average Bonchev–Trinajstić information content (AvgIpc) is 3.53. The fourth-order valence-corrected chi connectivity index (χ4v) is 4.16. The van der Waals surface area contributed by atoms with Crippen molar-refractivity contribution in [1.82, 2.24) is 24.6 Å². The summed E-state index contributed by atoms with van der Waals surface area (Å²) in [7, 11) is 1.64. The third kappa shape index (κ3) is 3.43. The summed E-state index contributed by atoms with van der Waals surface area (Å²) in [4.78, 5) is 18.2. The molecule has 2 aromatic carbocycles. The van der Waals surface area contributed by atoms with Crippen molar-refractivity contribution in [3.63, 3.8) is 0 Å². The predicted octanol–water partition coefficient (Wildman–Crippen LogP) is 3.46. The number of aromatic amines is 1. The molecular weight excluding hydrogens is 378 g/mol. The summed E-state index contributed by atoms with van der Waals surface area (Å²) in [6, 6.07) is 17.8. The molecule has 1 fully saturated rings. The van der Waals surface area contributed by atoms with E-state index in [1.807, 2.05) is 64.1 Å². The van der Waals surface area contributed by atoms with Gasteiger partial charge in [-0.1, -0.05) is 18.2 Å². The van der Waals surface area contributed by atoms with Crippen molar-refractivity contribution in [1.29, 1.82) is 0 Å². The smallest absolute Gasteiger partial charge is 0.270 e. The van der Waals surface area contributed by atoms with Crippen LogP contribution in [0, 0.1) is 5.92 Å². The fourth-order valence-electron chi connectivity index (χ4n) is 4.16. The molecule has 0 saturated carbocycles. The maximum atomic E-state index is 13.0. The number of nitrogens with one attached hydrogen (secondary N) is 1. The van der Waals surface area contributed by atoms with Gasteiger partial charge in [-0.3, -0.25) is 9.36 Å². The van der Waals surface area contributed by atoms with Crippen LogP contribution in [0.5, 0.6) is 5.75 Å². The lowest BCUT2D eigenvalue weighted by Crippen LogP contribution is -2.29. The molecule has 5 rings (SSSR count). The minimum atomic E-state index is 0.0391. The number of ether oxygens (including phenoxy) is 1. The summed E-state index contributed by atoms with van der Waals surface area (Å²) in [5.41, 5.74) is 2.58. The second-order valence-corrected chi connectivity index (χ2v) is 7.70. The Hall–Kier alpha value is -3.61. The first kappa shape index (κ1) is 18.4. The maximum absolute atomic E-state index is 13.0. The Morgan fingerprint density at radius 3 is 2.90 bits per heavy atom. The molecule has 0 spiro atoms. The van der Waals surface area contributed by atoms with E-state index in [0.717, 1.165) is 54.1 Å². The predicted molar refractivity (Wildman–Crippen MR) is 114 cm³/mol. The Kier molecular flexibility index (Phi) is 4.71. The Morgan fingerprint density at radius 2 is 2.07 bits per heavy atom. The van der Waals surface area contributed by atoms with E-state index in [4.69, 9.17) is 4.74 Å². The van der Waals surface area contributed by atoms with Crippen LogP contribution in [-0.4, -0.2) is 50.8 Å². The number of nitrogens with zero attached hydrogens (tertiary/aromatic N) is 4. The summed E-state index contributed by atoms with van der Waals surface area (Å²) < 4.78 is 7.29. The SMILES string of the molecule is COc1ccc2cc(C(=O)N3CCC(Cc4nncn4-c4ccccc4)C3)[nH]c2c1. The largest absolute Gasteiger partial charge is 0.497 e. The number of carbonyl (C=O) groups excluding carboxylic acids is 1. The van der Waals surface area contributed by atoms with Gasteiger partial charge in [-0.05, 0) is 42.7 Å². The molecule has 3 heterocycles. The molecule has 1 N–H and O–H groups in total. The van der Waals surface area contributed by atoms with Crippen LogP contribution in [0.4, 0.5) is 0 Å². The molecule has 1 aliphatic heterocycles. The molecule has 0 bridgehead atoms. The van der Waals surface area contributed by atoms with Crippen LogP contribution >= 0.6 is 0 Å². The van der Waals surface area contributed by atoms with Crippen LogP contribution in [0.25, 0.3) is 16.6 Å². The van der Waals surface area contributed by atoms with Gasteiger partial charge in [-0.25, -0.2) is 0 Å². The zero-order chi connectivity index (χ0) is 20.5. The first-order chi connectivity index (χ1) is 14.7. The van der Waals surface area contributed by atoms with Crippen molar-refractivity contribution in [3.8, 4) is 11.4 Å². The van der Waals surface area contributed by atoms with Crippen LogP contribution in [0.2, 0.25) is 0 Å². The monoisotopic (exact) mass is 401 g/mol. The van der Waals surface area contributed by atoms with Crippen molar-refractivity contribution < 1.29 is 9.53 Å². The number of para-hydroxylation sites is 1. The number of H-pyrrole nitrogens is 1. The van der Waals surface area contributed by atoms with Gasteiger partial charge in [0.25, 0.3) is 5.91 Å². The summed E-state index contributed by atoms with van der Waals surface area (Å²) in [6.07, 6.45) is 3.51. The molecule has 1 unspecified atom stereocenters.